The van der Waals surface area contributed by atoms with Gasteiger partial charge >= 0.3 is 0 Å². The average Bonchev–Trinajstić information content (AvgIpc) is 3.09. The fourth-order valence-electron chi connectivity index (χ4n) is 4.85. The predicted octanol–water partition coefficient (Wildman–Crippen LogP) is 7.07. The lowest BCUT2D eigenvalue weighted by atomic mass is 9.75. The van der Waals surface area contributed by atoms with Crippen LogP contribution in [0.2, 0.25) is 0 Å². The lowest BCUT2D eigenvalue weighted by Crippen LogP contribution is -2.42. The van der Waals surface area contributed by atoms with Gasteiger partial charge in [-0.05, 0) is 68.0 Å². The van der Waals surface area contributed by atoms with Gasteiger partial charge in [0.1, 0.15) is 11.6 Å². The molecule has 0 saturated carbocycles. The monoisotopic (exact) mass is 423 g/mol. The molecule has 0 fully saturated rings. The molecule has 4 rings (SSSR count). The summed E-state index contributed by atoms with van der Waals surface area (Å²) in [5.41, 5.74) is 3.26. The number of fused-ring (bicyclic) bond motifs is 3. The number of phenolic OH excluding ortho intramolecular Hbond substituents is 1. The van der Waals surface area contributed by atoms with Crippen molar-refractivity contribution in [2.75, 3.05) is 6.61 Å². The van der Waals surface area contributed by atoms with E-state index in [1.807, 2.05) is 24.3 Å². The van der Waals surface area contributed by atoms with Crippen LogP contribution in [0.15, 0.2) is 42.5 Å². The van der Waals surface area contributed by atoms with Crippen molar-refractivity contribution in [2.45, 2.75) is 65.4 Å². The SMILES string of the molecule is CC(C)C(C)CCC1(C)OCC(C)(C)c2c1c1c(O)cccc1n2-c1ccc(F)cc1. The third-order valence-corrected chi connectivity index (χ3v) is 7.19. The van der Waals surface area contributed by atoms with Crippen LogP contribution in [0.3, 0.4) is 0 Å². The Labute approximate surface area is 184 Å². The Hall–Kier alpha value is -2.33. The first-order chi connectivity index (χ1) is 14.5. The zero-order valence-electron chi connectivity index (χ0n) is 19.5. The highest BCUT2D eigenvalue weighted by atomic mass is 19.1. The maximum atomic E-state index is 13.7. The van der Waals surface area contributed by atoms with E-state index in [-0.39, 0.29) is 17.0 Å². The van der Waals surface area contributed by atoms with Crippen LogP contribution >= 0.6 is 0 Å². The van der Waals surface area contributed by atoms with Crippen LogP contribution in [0.25, 0.3) is 16.6 Å². The van der Waals surface area contributed by atoms with Gasteiger partial charge in [0.05, 0.1) is 17.7 Å². The third kappa shape index (κ3) is 3.65. The van der Waals surface area contributed by atoms with E-state index in [2.05, 4.69) is 46.1 Å². The summed E-state index contributed by atoms with van der Waals surface area (Å²) >= 11 is 0. The van der Waals surface area contributed by atoms with Gasteiger partial charge in [-0.2, -0.15) is 0 Å². The Morgan fingerprint density at radius 2 is 1.74 bits per heavy atom. The summed E-state index contributed by atoms with van der Waals surface area (Å²) < 4.78 is 22.5. The molecule has 1 aliphatic rings. The summed E-state index contributed by atoms with van der Waals surface area (Å²) in [7, 11) is 0. The molecule has 4 heteroatoms. The van der Waals surface area contributed by atoms with Crippen molar-refractivity contribution >= 4 is 10.9 Å². The number of hydrogen-bond acceptors (Lipinski definition) is 2. The Morgan fingerprint density at radius 1 is 1.06 bits per heavy atom. The molecular formula is C27H34FNO2. The molecule has 1 aromatic heterocycles. The number of aromatic nitrogens is 1. The first-order valence-corrected chi connectivity index (χ1v) is 11.3. The molecule has 166 valence electrons. The second kappa shape index (κ2) is 7.67. The van der Waals surface area contributed by atoms with E-state index >= 15 is 0 Å². The van der Waals surface area contributed by atoms with E-state index < -0.39 is 5.60 Å². The topological polar surface area (TPSA) is 34.4 Å². The summed E-state index contributed by atoms with van der Waals surface area (Å²) in [5, 5.41) is 11.8. The fourth-order valence-corrected chi connectivity index (χ4v) is 4.85. The molecule has 0 radical (unpaired) electrons. The Morgan fingerprint density at radius 3 is 2.39 bits per heavy atom. The van der Waals surface area contributed by atoms with Gasteiger partial charge in [-0.15, -0.1) is 0 Å². The first kappa shape index (κ1) is 21.9. The molecule has 2 unspecified atom stereocenters. The van der Waals surface area contributed by atoms with Gasteiger partial charge in [0.15, 0.2) is 0 Å². The molecule has 0 spiro atoms. The molecule has 3 nitrogen and oxygen atoms in total. The normalized spacial score (nSPS) is 21.4. The van der Waals surface area contributed by atoms with E-state index in [1.54, 1.807) is 6.07 Å². The van der Waals surface area contributed by atoms with Crippen LogP contribution in [0, 0.1) is 17.7 Å². The van der Waals surface area contributed by atoms with Gasteiger partial charge in [-0.3, -0.25) is 0 Å². The zero-order valence-corrected chi connectivity index (χ0v) is 19.5. The molecule has 31 heavy (non-hydrogen) atoms. The maximum Gasteiger partial charge on any atom is 0.125 e. The first-order valence-electron chi connectivity index (χ1n) is 11.3. The van der Waals surface area contributed by atoms with Crippen molar-refractivity contribution in [2.24, 2.45) is 11.8 Å². The van der Waals surface area contributed by atoms with Crippen molar-refractivity contribution < 1.29 is 14.2 Å². The summed E-state index contributed by atoms with van der Waals surface area (Å²) in [6, 6.07) is 12.2. The number of hydrogen-bond donors (Lipinski definition) is 1. The highest BCUT2D eigenvalue weighted by molar-refractivity contribution is 5.94. The fraction of sp³-hybridized carbons (Fsp3) is 0.481. The molecule has 1 N–H and O–H groups in total. The summed E-state index contributed by atoms with van der Waals surface area (Å²) in [4.78, 5) is 0. The third-order valence-electron chi connectivity index (χ3n) is 7.19. The minimum Gasteiger partial charge on any atom is -0.507 e. The molecule has 0 saturated heterocycles. The number of rotatable bonds is 5. The van der Waals surface area contributed by atoms with Crippen molar-refractivity contribution in [1.82, 2.24) is 4.57 Å². The van der Waals surface area contributed by atoms with Crippen molar-refractivity contribution in [3.63, 3.8) is 0 Å². The van der Waals surface area contributed by atoms with Crippen LogP contribution in [-0.2, 0) is 15.8 Å². The Kier molecular flexibility index (Phi) is 5.41. The number of benzene rings is 2. The van der Waals surface area contributed by atoms with Crippen LogP contribution in [0.1, 0.15) is 65.6 Å². The van der Waals surface area contributed by atoms with Gasteiger partial charge in [-0.25, -0.2) is 4.39 Å². The second-order valence-corrected chi connectivity index (χ2v) is 10.4. The molecule has 3 aromatic rings. The smallest absolute Gasteiger partial charge is 0.125 e. The molecule has 1 aliphatic heterocycles. The number of halogens is 1. The van der Waals surface area contributed by atoms with Crippen LogP contribution in [0.4, 0.5) is 4.39 Å². The number of aromatic hydroxyl groups is 1. The lowest BCUT2D eigenvalue weighted by molar-refractivity contribution is -0.0804. The van der Waals surface area contributed by atoms with E-state index in [9.17, 15) is 9.50 Å². The molecule has 2 aromatic carbocycles. The van der Waals surface area contributed by atoms with Gasteiger partial charge in [0, 0.05) is 27.7 Å². The van der Waals surface area contributed by atoms with E-state index in [0.29, 0.717) is 18.4 Å². The standard InChI is InChI=1S/C27H34FNO2/c1-17(2)18(3)14-15-27(6)24-23-21(8-7-9-22(23)30)29(20-12-10-19(28)11-13-20)25(24)26(4,5)16-31-27/h7-13,17-18,30H,14-16H2,1-6H3. The Bertz CT molecular complexity index is 1100. The largest absolute Gasteiger partial charge is 0.507 e. The number of ether oxygens (including phenoxy) is 1. The zero-order chi connectivity index (χ0) is 22.6. The molecule has 0 aliphatic carbocycles. The molecular weight excluding hydrogens is 389 g/mol. The highest BCUT2D eigenvalue weighted by Gasteiger charge is 2.46. The molecule has 2 heterocycles. The molecule has 2 atom stereocenters. The van der Waals surface area contributed by atoms with E-state index in [1.165, 1.54) is 12.1 Å². The maximum absolute atomic E-state index is 13.7. The van der Waals surface area contributed by atoms with E-state index in [0.717, 1.165) is 40.7 Å². The van der Waals surface area contributed by atoms with E-state index in [4.69, 9.17) is 4.74 Å². The van der Waals surface area contributed by atoms with Crippen molar-refractivity contribution in [1.29, 1.82) is 0 Å². The van der Waals surface area contributed by atoms with Crippen LogP contribution < -0.4 is 0 Å². The van der Waals surface area contributed by atoms with Gasteiger partial charge in [-0.1, -0.05) is 40.7 Å². The lowest BCUT2D eigenvalue weighted by Gasteiger charge is -2.43. The summed E-state index contributed by atoms with van der Waals surface area (Å²) in [6.45, 7) is 13.9. The summed E-state index contributed by atoms with van der Waals surface area (Å²) in [6.07, 6.45) is 1.93. The van der Waals surface area contributed by atoms with Crippen LogP contribution in [-0.4, -0.2) is 16.3 Å². The number of phenols is 1. The molecule has 0 amide bonds. The predicted molar refractivity (Wildman–Crippen MR) is 124 cm³/mol. The Balaban J connectivity index is 2.00. The molecule has 0 bridgehead atoms. The van der Waals surface area contributed by atoms with Crippen LogP contribution in [0.5, 0.6) is 5.75 Å². The van der Waals surface area contributed by atoms with Crippen molar-refractivity contribution in [3.8, 4) is 11.4 Å². The number of nitrogens with zero attached hydrogens (tertiary/aromatic N) is 1. The minimum atomic E-state index is -0.504. The summed E-state index contributed by atoms with van der Waals surface area (Å²) in [5.74, 6) is 1.20. The van der Waals surface area contributed by atoms with Gasteiger partial charge in [0.25, 0.3) is 0 Å². The minimum absolute atomic E-state index is 0.257. The van der Waals surface area contributed by atoms with Gasteiger partial charge in [0.2, 0.25) is 0 Å². The quantitative estimate of drug-likeness (QED) is 0.476. The van der Waals surface area contributed by atoms with Crippen molar-refractivity contribution in [3.05, 3.63) is 59.5 Å². The van der Waals surface area contributed by atoms with Gasteiger partial charge < -0.3 is 14.4 Å². The second-order valence-electron chi connectivity index (χ2n) is 10.4. The highest BCUT2D eigenvalue weighted by Crippen LogP contribution is 2.51. The average molecular weight is 424 g/mol.